The van der Waals surface area contributed by atoms with Crippen molar-refractivity contribution in [1.82, 2.24) is 0 Å². The van der Waals surface area contributed by atoms with Crippen LogP contribution in [0.1, 0.15) is 35.8 Å². The van der Waals surface area contributed by atoms with E-state index in [9.17, 15) is 0 Å². The number of nitrogens with two attached hydrogens (primary N) is 1. The van der Waals surface area contributed by atoms with Crippen molar-refractivity contribution < 1.29 is 0 Å². The Labute approximate surface area is 88.4 Å². The van der Waals surface area contributed by atoms with E-state index in [1.165, 1.54) is 23.3 Å². The highest BCUT2D eigenvalue weighted by Gasteiger charge is 2.23. The van der Waals surface area contributed by atoms with E-state index >= 15 is 0 Å². The third-order valence-corrected chi connectivity index (χ3v) is 4.17. The SMILES string of the molecule is CC[C@@H]1CCc2c(sc(N)c2C#N)C1. The lowest BCUT2D eigenvalue weighted by molar-refractivity contribution is 0.450. The Kier molecular flexibility index (Phi) is 2.47. The molecule has 0 aliphatic heterocycles. The van der Waals surface area contributed by atoms with E-state index in [-0.39, 0.29) is 0 Å². The first-order valence-electron chi connectivity index (χ1n) is 5.06. The highest BCUT2D eigenvalue weighted by Crippen LogP contribution is 2.38. The van der Waals surface area contributed by atoms with Crippen LogP contribution >= 0.6 is 11.3 Å². The van der Waals surface area contributed by atoms with E-state index in [4.69, 9.17) is 11.0 Å². The summed E-state index contributed by atoms with van der Waals surface area (Å²) in [6, 6.07) is 2.22. The maximum absolute atomic E-state index is 8.96. The predicted molar refractivity (Wildman–Crippen MR) is 59.3 cm³/mol. The highest BCUT2D eigenvalue weighted by molar-refractivity contribution is 7.16. The monoisotopic (exact) mass is 206 g/mol. The molecule has 0 fully saturated rings. The zero-order valence-corrected chi connectivity index (χ0v) is 9.16. The molecule has 1 aliphatic rings. The summed E-state index contributed by atoms with van der Waals surface area (Å²) in [6.07, 6.45) is 4.63. The van der Waals surface area contributed by atoms with Crippen LogP contribution in [-0.2, 0) is 12.8 Å². The van der Waals surface area contributed by atoms with E-state index in [2.05, 4.69) is 13.0 Å². The van der Waals surface area contributed by atoms with Crippen molar-refractivity contribution >= 4 is 16.3 Å². The molecule has 3 heteroatoms. The smallest absolute Gasteiger partial charge is 0.104 e. The summed E-state index contributed by atoms with van der Waals surface area (Å²) in [5.41, 5.74) is 7.80. The van der Waals surface area contributed by atoms with Crippen molar-refractivity contribution in [2.45, 2.75) is 32.6 Å². The van der Waals surface area contributed by atoms with Crippen LogP contribution in [0.5, 0.6) is 0 Å². The minimum atomic E-state index is 0.717. The fraction of sp³-hybridized carbons (Fsp3) is 0.545. The molecule has 1 heterocycles. The minimum Gasteiger partial charge on any atom is -0.389 e. The second kappa shape index (κ2) is 3.62. The number of nitrogen functional groups attached to an aromatic ring is 1. The Morgan fingerprint density at radius 3 is 3.07 bits per heavy atom. The Balaban J connectivity index is 2.37. The molecular formula is C11H14N2S. The lowest BCUT2D eigenvalue weighted by Gasteiger charge is -2.20. The first-order valence-corrected chi connectivity index (χ1v) is 5.88. The summed E-state index contributed by atoms with van der Waals surface area (Å²) >= 11 is 1.62. The standard InChI is InChI=1S/C11H14N2S/c1-2-7-3-4-8-9(6-12)11(13)14-10(8)5-7/h7H,2-5,13H2,1H3/t7-/m1/s1. The van der Waals surface area contributed by atoms with Gasteiger partial charge in [0.05, 0.1) is 5.56 Å². The lowest BCUT2D eigenvalue weighted by atomic mass is 9.86. The number of nitrogens with zero attached hydrogens (tertiary/aromatic N) is 1. The Morgan fingerprint density at radius 2 is 2.43 bits per heavy atom. The zero-order valence-electron chi connectivity index (χ0n) is 8.34. The van der Waals surface area contributed by atoms with Crippen molar-refractivity contribution in [2.24, 2.45) is 5.92 Å². The summed E-state index contributed by atoms with van der Waals surface area (Å²) < 4.78 is 0. The van der Waals surface area contributed by atoms with Crippen molar-refractivity contribution in [3.8, 4) is 6.07 Å². The molecule has 2 N–H and O–H groups in total. The summed E-state index contributed by atoms with van der Waals surface area (Å²) in [4.78, 5) is 1.36. The summed E-state index contributed by atoms with van der Waals surface area (Å²) in [5, 5.41) is 9.68. The first kappa shape index (κ1) is 9.54. The molecule has 0 unspecified atom stereocenters. The van der Waals surface area contributed by atoms with Crippen LogP contribution in [0.15, 0.2) is 0 Å². The highest BCUT2D eigenvalue weighted by atomic mass is 32.1. The van der Waals surface area contributed by atoms with Crippen LogP contribution < -0.4 is 5.73 Å². The maximum atomic E-state index is 8.96. The van der Waals surface area contributed by atoms with Gasteiger partial charge in [0.15, 0.2) is 0 Å². The van der Waals surface area contributed by atoms with Gasteiger partial charge in [-0.05, 0) is 30.7 Å². The van der Waals surface area contributed by atoms with Crippen molar-refractivity contribution in [3.05, 3.63) is 16.0 Å². The van der Waals surface area contributed by atoms with Crippen LogP contribution in [0, 0.1) is 17.2 Å². The van der Waals surface area contributed by atoms with Gasteiger partial charge in [0.2, 0.25) is 0 Å². The Bertz CT molecular complexity index is 387. The summed E-state index contributed by atoms with van der Waals surface area (Å²) in [5.74, 6) is 0.798. The quantitative estimate of drug-likeness (QED) is 0.768. The molecular weight excluding hydrogens is 192 g/mol. The number of thiophene rings is 1. The van der Waals surface area contributed by atoms with E-state index in [1.807, 2.05) is 0 Å². The van der Waals surface area contributed by atoms with Crippen molar-refractivity contribution in [1.29, 1.82) is 5.26 Å². The molecule has 74 valence electrons. The van der Waals surface area contributed by atoms with Gasteiger partial charge in [0, 0.05) is 4.88 Å². The van der Waals surface area contributed by atoms with Gasteiger partial charge in [-0.1, -0.05) is 13.3 Å². The molecule has 2 nitrogen and oxygen atoms in total. The molecule has 0 aromatic carbocycles. The van der Waals surface area contributed by atoms with Crippen LogP contribution in [0.25, 0.3) is 0 Å². The van der Waals surface area contributed by atoms with Gasteiger partial charge in [-0.3, -0.25) is 0 Å². The number of nitriles is 1. The number of anilines is 1. The topological polar surface area (TPSA) is 49.8 Å². The van der Waals surface area contributed by atoms with Crippen molar-refractivity contribution in [2.75, 3.05) is 5.73 Å². The molecule has 2 rings (SSSR count). The molecule has 0 saturated carbocycles. The molecule has 1 atom stereocenters. The zero-order chi connectivity index (χ0) is 10.1. The third kappa shape index (κ3) is 1.40. The third-order valence-electron chi connectivity index (χ3n) is 3.08. The average molecular weight is 206 g/mol. The first-order chi connectivity index (χ1) is 6.76. The van der Waals surface area contributed by atoms with Gasteiger partial charge >= 0.3 is 0 Å². The molecule has 0 amide bonds. The number of hydrogen-bond donors (Lipinski definition) is 1. The molecule has 1 aromatic rings. The van der Waals surface area contributed by atoms with Gasteiger partial charge in [0.25, 0.3) is 0 Å². The van der Waals surface area contributed by atoms with E-state index in [0.29, 0.717) is 5.00 Å². The molecule has 0 radical (unpaired) electrons. The molecule has 0 spiro atoms. The van der Waals surface area contributed by atoms with Gasteiger partial charge < -0.3 is 5.73 Å². The van der Waals surface area contributed by atoms with Gasteiger partial charge in [-0.25, -0.2) is 0 Å². The largest absolute Gasteiger partial charge is 0.389 e. The van der Waals surface area contributed by atoms with Gasteiger partial charge in [-0.2, -0.15) is 5.26 Å². The minimum absolute atomic E-state index is 0.717. The number of rotatable bonds is 1. The van der Waals surface area contributed by atoms with E-state index in [1.54, 1.807) is 11.3 Å². The van der Waals surface area contributed by atoms with Gasteiger partial charge in [-0.15, -0.1) is 11.3 Å². The second-order valence-corrected chi connectivity index (χ2v) is 5.01. The number of hydrogen-bond acceptors (Lipinski definition) is 3. The molecule has 0 bridgehead atoms. The normalized spacial score (nSPS) is 20.1. The fourth-order valence-electron chi connectivity index (χ4n) is 2.15. The van der Waals surface area contributed by atoms with Crippen molar-refractivity contribution in [3.63, 3.8) is 0 Å². The second-order valence-electron chi connectivity index (χ2n) is 3.87. The number of fused-ring (bicyclic) bond motifs is 1. The van der Waals surface area contributed by atoms with E-state index in [0.717, 1.165) is 24.3 Å². The Hall–Kier alpha value is -1.01. The van der Waals surface area contributed by atoms with E-state index < -0.39 is 0 Å². The van der Waals surface area contributed by atoms with Crippen LogP contribution in [-0.4, -0.2) is 0 Å². The summed E-state index contributed by atoms with van der Waals surface area (Å²) in [6.45, 7) is 2.23. The lowest BCUT2D eigenvalue weighted by Crippen LogP contribution is -2.11. The molecule has 14 heavy (non-hydrogen) atoms. The van der Waals surface area contributed by atoms with Crippen LogP contribution in [0.2, 0.25) is 0 Å². The Morgan fingerprint density at radius 1 is 1.64 bits per heavy atom. The molecule has 0 saturated heterocycles. The van der Waals surface area contributed by atoms with Crippen LogP contribution in [0.4, 0.5) is 5.00 Å². The van der Waals surface area contributed by atoms with Crippen LogP contribution in [0.3, 0.4) is 0 Å². The molecule has 1 aromatic heterocycles. The fourth-order valence-corrected chi connectivity index (χ4v) is 3.33. The average Bonchev–Trinajstić information content (AvgIpc) is 2.51. The molecule has 1 aliphatic carbocycles. The van der Waals surface area contributed by atoms with Gasteiger partial charge in [0.1, 0.15) is 11.1 Å². The predicted octanol–water partition coefficient (Wildman–Crippen LogP) is 2.72. The summed E-state index contributed by atoms with van der Waals surface area (Å²) in [7, 11) is 0. The maximum Gasteiger partial charge on any atom is 0.104 e.